The number of nitrogens with one attached hydrogen (secondary N) is 1. The molecule has 0 fully saturated rings. The normalized spacial score (nSPS) is 9.85. The van der Waals surface area contributed by atoms with Gasteiger partial charge in [-0.2, -0.15) is 5.26 Å². The second-order valence-electron chi connectivity index (χ2n) is 3.80. The number of aromatic nitrogens is 1. The van der Waals surface area contributed by atoms with Crippen LogP contribution in [-0.4, -0.2) is 16.1 Å². The number of hydrogen-bond donors (Lipinski definition) is 2. The molecule has 2 aromatic rings. The van der Waals surface area contributed by atoms with Crippen LogP contribution in [0.1, 0.15) is 15.9 Å². The highest BCUT2D eigenvalue weighted by molar-refractivity contribution is 6.33. The average Bonchev–Trinajstić information content (AvgIpc) is 2.40. The van der Waals surface area contributed by atoms with Crippen LogP contribution in [0.2, 0.25) is 10.2 Å². The summed E-state index contributed by atoms with van der Waals surface area (Å²) in [7, 11) is 0. The van der Waals surface area contributed by atoms with Crippen molar-refractivity contribution in [3.8, 4) is 6.07 Å². The van der Waals surface area contributed by atoms with E-state index in [1.165, 1.54) is 18.2 Å². The highest BCUT2D eigenvalue weighted by atomic mass is 35.5. The minimum Gasteiger partial charge on any atom is -0.478 e. The van der Waals surface area contributed by atoms with Crippen molar-refractivity contribution in [2.24, 2.45) is 0 Å². The van der Waals surface area contributed by atoms with E-state index in [4.69, 9.17) is 33.6 Å². The molecule has 0 saturated heterocycles. The number of halogens is 2. The van der Waals surface area contributed by atoms with Gasteiger partial charge in [0.25, 0.3) is 0 Å². The summed E-state index contributed by atoms with van der Waals surface area (Å²) in [5.74, 6) is -0.857. The standard InChI is InChI=1S/C13H7Cl2N3O2/c14-9-3-7(6-16)1-2-10(9)17-12-5-8(13(19)20)4-11(15)18-12/h1-5H,(H,17,18)(H,19,20). The molecule has 7 heteroatoms. The van der Waals surface area contributed by atoms with Crippen molar-refractivity contribution in [1.82, 2.24) is 4.98 Å². The smallest absolute Gasteiger partial charge is 0.335 e. The van der Waals surface area contributed by atoms with Crippen LogP contribution in [0.25, 0.3) is 0 Å². The molecule has 0 radical (unpaired) electrons. The zero-order chi connectivity index (χ0) is 14.7. The van der Waals surface area contributed by atoms with Gasteiger partial charge in [-0.1, -0.05) is 23.2 Å². The Labute approximate surface area is 124 Å². The Morgan fingerprint density at radius 1 is 1.30 bits per heavy atom. The van der Waals surface area contributed by atoms with Crippen LogP contribution >= 0.6 is 23.2 Å². The number of carboxylic acid groups (broad SMARTS) is 1. The molecular weight excluding hydrogens is 301 g/mol. The van der Waals surface area contributed by atoms with E-state index in [-0.39, 0.29) is 16.5 Å². The van der Waals surface area contributed by atoms with Crippen LogP contribution in [0.3, 0.4) is 0 Å². The summed E-state index contributed by atoms with van der Waals surface area (Å²) < 4.78 is 0. The molecule has 0 aliphatic rings. The van der Waals surface area contributed by atoms with E-state index in [9.17, 15) is 4.79 Å². The van der Waals surface area contributed by atoms with Crippen LogP contribution in [0.4, 0.5) is 11.5 Å². The molecule has 0 unspecified atom stereocenters. The molecule has 0 atom stereocenters. The van der Waals surface area contributed by atoms with Crippen LogP contribution < -0.4 is 5.32 Å². The number of nitriles is 1. The van der Waals surface area contributed by atoms with Crippen molar-refractivity contribution in [2.45, 2.75) is 0 Å². The van der Waals surface area contributed by atoms with Gasteiger partial charge in [-0.25, -0.2) is 9.78 Å². The Morgan fingerprint density at radius 2 is 2.05 bits per heavy atom. The predicted octanol–water partition coefficient (Wildman–Crippen LogP) is 3.70. The largest absolute Gasteiger partial charge is 0.478 e. The van der Waals surface area contributed by atoms with Crippen LogP contribution in [0.5, 0.6) is 0 Å². The van der Waals surface area contributed by atoms with E-state index in [1.807, 2.05) is 6.07 Å². The van der Waals surface area contributed by atoms with Gasteiger partial charge in [-0.05, 0) is 30.3 Å². The fraction of sp³-hybridized carbons (Fsp3) is 0. The number of aromatic carboxylic acids is 1. The molecule has 0 aliphatic heterocycles. The zero-order valence-electron chi connectivity index (χ0n) is 9.89. The Kier molecular flexibility index (Phi) is 4.08. The first-order valence-electron chi connectivity index (χ1n) is 5.37. The number of carboxylic acids is 1. The summed E-state index contributed by atoms with van der Waals surface area (Å²) >= 11 is 11.8. The quantitative estimate of drug-likeness (QED) is 0.844. The van der Waals surface area contributed by atoms with E-state index in [0.717, 1.165) is 0 Å². The molecule has 2 N–H and O–H groups in total. The third kappa shape index (κ3) is 3.18. The summed E-state index contributed by atoms with van der Waals surface area (Å²) in [5.41, 5.74) is 0.930. The summed E-state index contributed by atoms with van der Waals surface area (Å²) in [6.45, 7) is 0. The van der Waals surface area contributed by atoms with Crippen LogP contribution in [0.15, 0.2) is 30.3 Å². The first-order chi connectivity index (χ1) is 9.49. The summed E-state index contributed by atoms with van der Waals surface area (Å²) in [5, 5.41) is 20.9. The van der Waals surface area contributed by atoms with Gasteiger partial charge >= 0.3 is 5.97 Å². The Hall–Kier alpha value is -2.29. The maximum absolute atomic E-state index is 10.9. The summed E-state index contributed by atoms with van der Waals surface area (Å²) in [6.07, 6.45) is 0. The monoisotopic (exact) mass is 307 g/mol. The number of rotatable bonds is 3. The SMILES string of the molecule is N#Cc1ccc(Nc2cc(C(=O)O)cc(Cl)n2)c(Cl)c1. The lowest BCUT2D eigenvalue weighted by atomic mass is 10.2. The Balaban J connectivity index is 2.35. The minimum absolute atomic E-state index is 0.0114. The second-order valence-corrected chi connectivity index (χ2v) is 4.59. The molecule has 0 saturated carbocycles. The first kappa shape index (κ1) is 14.1. The lowest BCUT2D eigenvalue weighted by molar-refractivity contribution is 0.0697. The molecule has 100 valence electrons. The van der Waals surface area contributed by atoms with Crippen LogP contribution in [0, 0.1) is 11.3 Å². The van der Waals surface area contributed by atoms with E-state index in [1.54, 1.807) is 12.1 Å². The summed E-state index contributed by atoms with van der Waals surface area (Å²) in [6, 6.07) is 9.22. The lowest BCUT2D eigenvalue weighted by Gasteiger charge is -2.09. The van der Waals surface area contributed by atoms with Gasteiger partial charge in [0.05, 0.1) is 27.9 Å². The van der Waals surface area contributed by atoms with E-state index in [2.05, 4.69) is 10.3 Å². The molecule has 1 aromatic carbocycles. The van der Waals surface area contributed by atoms with Crippen molar-refractivity contribution in [2.75, 3.05) is 5.32 Å². The molecule has 1 aromatic heterocycles. The topological polar surface area (TPSA) is 86.0 Å². The molecule has 0 aliphatic carbocycles. The molecule has 20 heavy (non-hydrogen) atoms. The van der Waals surface area contributed by atoms with E-state index >= 15 is 0 Å². The molecular formula is C13H7Cl2N3O2. The molecule has 0 bridgehead atoms. The Bertz CT molecular complexity index is 726. The number of benzene rings is 1. The first-order valence-corrected chi connectivity index (χ1v) is 6.13. The van der Waals surface area contributed by atoms with Crippen molar-refractivity contribution >= 4 is 40.7 Å². The maximum Gasteiger partial charge on any atom is 0.335 e. The third-order valence-corrected chi connectivity index (χ3v) is 2.91. The predicted molar refractivity (Wildman–Crippen MR) is 75.7 cm³/mol. The van der Waals surface area contributed by atoms with Crippen molar-refractivity contribution in [3.05, 3.63) is 51.6 Å². The summed E-state index contributed by atoms with van der Waals surface area (Å²) in [4.78, 5) is 14.9. The van der Waals surface area contributed by atoms with Gasteiger partial charge in [0.15, 0.2) is 0 Å². The van der Waals surface area contributed by atoms with Crippen molar-refractivity contribution in [3.63, 3.8) is 0 Å². The van der Waals surface area contributed by atoms with Gasteiger partial charge in [0.1, 0.15) is 11.0 Å². The maximum atomic E-state index is 10.9. The fourth-order valence-corrected chi connectivity index (χ4v) is 1.94. The highest BCUT2D eigenvalue weighted by Gasteiger charge is 2.09. The van der Waals surface area contributed by atoms with Crippen LogP contribution in [-0.2, 0) is 0 Å². The van der Waals surface area contributed by atoms with Gasteiger partial charge < -0.3 is 10.4 Å². The highest BCUT2D eigenvalue weighted by Crippen LogP contribution is 2.26. The number of anilines is 2. The van der Waals surface area contributed by atoms with Gasteiger partial charge in [0, 0.05) is 0 Å². The lowest BCUT2D eigenvalue weighted by Crippen LogP contribution is -2.01. The number of pyridine rings is 1. The molecule has 2 rings (SSSR count). The van der Waals surface area contributed by atoms with E-state index in [0.29, 0.717) is 16.3 Å². The second kappa shape index (κ2) is 5.78. The van der Waals surface area contributed by atoms with Gasteiger partial charge in [0.2, 0.25) is 0 Å². The molecule has 0 amide bonds. The zero-order valence-corrected chi connectivity index (χ0v) is 11.4. The minimum atomic E-state index is -1.11. The van der Waals surface area contributed by atoms with Gasteiger partial charge in [-0.3, -0.25) is 0 Å². The molecule has 0 spiro atoms. The van der Waals surface area contributed by atoms with Gasteiger partial charge in [-0.15, -0.1) is 0 Å². The van der Waals surface area contributed by atoms with E-state index < -0.39 is 5.97 Å². The number of hydrogen-bond acceptors (Lipinski definition) is 4. The van der Waals surface area contributed by atoms with Crippen molar-refractivity contribution < 1.29 is 9.90 Å². The van der Waals surface area contributed by atoms with Crippen molar-refractivity contribution in [1.29, 1.82) is 5.26 Å². The fourth-order valence-electron chi connectivity index (χ4n) is 1.51. The average molecular weight is 308 g/mol. The Morgan fingerprint density at radius 3 is 2.65 bits per heavy atom. The number of nitrogens with zero attached hydrogens (tertiary/aromatic N) is 2. The molecule has 1 heterocycles. The third-order valence-electron chi connectivity index (χ3n) is 2.40. The number of carbonyl (C=O) groups is 1. The molecule has 5 nitrogen and oxygen atoms in total.